The quantitative estimate of drug-likeness (QED) is 0.817. The summed E-state index contributed by atoms with van der Waals surface area (Å²) in [5.41, 5.74) is 1.10. The molecule has 0 spiro atoms. The lowest BCUT2D eigenvalue weighted by atomic mass is 10.1. The van der Waals surface area contributed by atoms with Crippen LogP contribution in [-0.4, -0.2) is 23.7 Å². The van der Waals surface area contributed by atoms with Gasteiger partial charge in [0.25, 0.3) is 0 Å². The van der Waals surface area contributed by atoms with Gasteiger partial charge in [0.05, 0.1) is 11.8 Å². The zero-order valence-corrected chi connectivity index (χ0v) is 9.43. The van der Waals surface area contributed by atoms with E-state index in [-0.39, 0.29) is 0 Å². The number of anilines is 1. The number of aryl methyl sites for hydroxylation is 1. The van der Waals surface area contributed by atoms with Crippen LogP contribution in [0.2, 0.25) is 0 Å². The van der Waals surface area contributed by atoms with Crippen LogP contribution in [0.4, 0.5) is 5.13 Å². The molecule has 4 heteroatoms. The third kappa shape index (κ3) is 2.45. The third-order valence-electron chi connectivity index (χ3n) is 2.43. The molecule has 78 valence electrons. The summed E-state index contributed by atoms with van der Waals surface area (Å²) < 4.78 is 5.49. The van der Waals surface area contributed by atoms with E-state index < -0.39 is 0 Å². The van der Waals surface area contributed by atoms with Gasteiger partial charge >= 0.3 is 0 Å². The number of ether oxygens (including phenoxy) is 1. The molecule has 2 unspecified atom stereocenters. The number of hydrogen-bond acceptors (Lipinski definition) is 4. The number of nitrogens with one attached hydrogen (secondary N) is 1. The van der Waals surface area contributed by atoms with Crippen LogP contribution in [0.5, 0.6) is 0 Å². The fourth-order valence-corrected chi connectivity index (χ4v) is 2.49. The van der Waals surface area contributed by atoms with Crippen LogP contribution in [0, 0.1) is 6.92 Å². The van der Waals surface area contributed by atoms with Gasteiger partial charge in [-0.1, -0.05) is 0 Å². The van der Waals surface area contributed by atoms with Crippen molar-refractivity contribution in [2.75, 3.05) is 11.9 Å². The van der Waals surface area contributed by atoms with Crippen LogP contribution in [0.1, 0.15) is 25.5 Å². The SMILES string of the molecule is Cc1csc(NC2CCOC(C)C2)n1. The summed E-state index contributed by atoms with van der Waals surface area (Å²) in [4.78, 5) is 4.40. The molecule has 1 aliphatic heterocycles. The van der Waals surface area contributed by atoms with Crippen LogP contribution in [0.3, 0.4) is 0 Å². The first-order valence-electron chi connectivity index (χ1n) is 5.04. The Hall–Kier alpha value is -0.610. The number of hydrogen-bond donors (Lipinski definition) is 1. The Morgan fingerprint density at radius 2 is 2.50 bits per heavy atom. The highest BCUT2D eigenvalue weighted by Crippen LogP contribution is 2.21. The second kappa shape index (κ2) is 4.28. The lowest BCUT2D eigenvalue weighted by Crippen LogP contribution is -2.32. The van der Waals surface area contributed by atoms with E-state index >= 15 is 0 Å². The Balaban J connectivity index is 1.90. The van der Waals surface area contributed by atoms with Gasteiger partial charge in [0.15, 0.2) is 5.13 Å². The van der Waals surface area contributed by atoms with Gasteiger partial charge in [-0.2, -0.15) is 0 Å². The van der Waals surface area contributed by atoms with Crippen LogP contribution in [-0.2, 0) is 4.74 Å². The Labute approximate surface area is 88.5 Å². The van der Waals surface area contributed by atoms with Crippen molar-refractivity contribution >= 4 is 16.5 Å². The molecule has 0 saturated carbocycles. The monoisotopic (exact) mass is 212 g/mol. The molecular weight excluding hydrogens is 196 g/mol. The van der Waals surface area contributed by atoms with Crippen molar-refractivity contribution < 1.29 is 4.74 Å². The van der Waals surface area contributed by atoms with E-state index in [9.17, 15) is 0 Å². The minimum Gasteiger partial charge on any atom is -0.378 e. The van der Waals surface area contributed by atoms with Gasteiger partial charge in [0, 0.05) is 18.0 Å². The Bertz CT molecular complexity index is 300. The molecule has 1 N–H and O–H groups in total. The average molecular weight is 212 g/mol. The number of aromatic nitrogens is 1. The summed E-state index contributed by atoms with van der Waals surface area (Å²) in [6.45, 7) is 5.01. The molecule has 0 amide bonds. The largest absolute Gasteiger partial charge is 0.378 e. The zero-order valence-electron chi connectivity index (χ0n) is 8.62. The first-order valence-corrected chi connectivity index (χ1v) is 5.92. The average Bonchev–Trinajstić information content (AvgIpc) is 2.51. The predicted molar refractivity (Wildman–Crippen MR) is 58.9 cm³/mol. The zero-order chi connectivity index (χ0) is 9.97. The molecule has 2 heterocycles. The van der Waals surface area contributed by atoms with E-state index in [2.05, 4.69) is 22.6 Å². The minimum absolute atomic E-state index is 0.377. The molecule has 1 aromatic heterocycles. The standard InChI is InChI=1S/C10H16N2OS/c1-7-6-14-10(11-7)12-9-3-4-13-8(2)5-9/h6,8-9H,3-5H2,1-2H3,(H,11,12). The van der Waals surface area contributed by atoms with Gasteiger partial charge in [0.2, 0.25) is 0 Å². The summed E-state index contributed by atoms with van der Waals surface area (Å²) in [5.74, 6) is 0. The molecule has 0 radical (unpaired) electrons. The maximum absolute atomic E-state index is 5.49. The molecule has 0 bridgehead atoms. The summed E-state index contributed by atoms with van der Waals surface area (Å²) in [6, 6.07) is 0.532. The van der Waals surface area contributed by atoms with E-state index in [0.717, 1.165) is 30.3 Å². The van der Waals surface area contributed by atoms with Crippen LogP contribution >= 0.6 is 11.3 Å². The molecule has 1 aromatic rings. The maximum Gasteiger partial charge on any atom is 0.183 e. The molecule has 0 aliphatic carbocycles. The third-order valence-corrected chi connectivity index (χ3v) is 3.32. The van der Waals surface area contributed by atoms with E-state index in [0.29, 0.717) is 12.1 Å². The smallest absolute Gasteiger partial charge is 0.183 e. The normalized spacial score (nSPS) is 27.6. The molecule has 1 aliphatic rings. The van der Waals surface area contributed by atoms with Crippen molar-refractivity contribution in [3.63, 3.8) is 0 Å². The maximum atomic E-state index is 5.49. The van der Waals surface area contributed by atoms with Gasteiger partial charge in [-0.3, -0.25) is 0 Å². The van der Waals surface area contributed by atoms with Crippen molar-refractivity contribution in [1.82, 2.24) is 4.98 Å². The lowest BCUT2D eigenvalue weighted by molar-refractivity contribution is 0.0232. The molecule has 1 fully saturated rings. The Morgan fingerprint density at radius 1 is 1.64 bits per heavy atom. The van der Waals surface area contributed by atoms with Gasteiger partial charge < -0.3 is 10.1 Å². The van der Waals surface area contributed by atoms with Crippen molar-refractivity contribution in [2.24, 2.45) is 0 Å². The summed E-state index contributed by atoms with van der Waals surface area (Å²) in [6.07, 6.45) is 2.55. The fraction of sp³-hybridized carbons (Fsp3) is 0.700. The molecule has 2 atom stereocenters. The highest BCUT2D eigenvalue weighted by atomic mass is 32.1. The second-order valence-electron chi connectivity index (χ2n) is 3.84. The summed E-state index contributed by atoms with van der Waals surface area (Å²) >= 11 is 1.68. The minimum atomic E-state index is 0.377. The highest BCUT2D eigenvalue weighted by Gasteiger charge is 2.19. The molecule has 2 rings (SSSR count). The lowest BCUT2D eigenvalue weighted by Gasteiger charge is -2.27. The van der Waals surface area contributed by atoms with E-state index in [1.807, 2.05) is 6.92 Å². The predicted octanol–water partition coefficient (Wildman–Crippen LogP) is 2.43. The van der Waals surface area contributed by atoms with E-state index in [4.69, 9.17) is 4.74 Å². The molecule has 14 heavy (non-hydrogen) atoms. The van der Waals surface area contributed by atoms with Gasteiger partial charge in [-0.25, -0.2) is 4.98 Å². The van der Waals surface area contributed by atoms with Crippen molar-refractivity contribution in [2.45, 2.75) is 38.8 Å². The van der Waals surface area contributed by atoms with Gasteiger partial charge in [-0.15, -0.1) is 11.3 Å². The first-order chi connectivity index (χ1) is 6.74. The summed E-state index contributed by atoms with van der Waals surface area (Å²) in [7, 11) is 0. The van der Waals surface area contributed by atoms with Gasteiger partial charge in [-0.05, 0) is 26.7 Å². The molecular formula is C10H16N2OS. The topological polar surface area (TPSA) is 34.1 Å². The Kier molecular flexibility index (Phi) is 3.03. The van der Waals surface area contributed by atoms with Crippen molar-refractivity contribution in [1.29, 1.82) is 0 Å². The second-order valence-corrected chi connectivity index (χ2v) is 4.70. The molecule has 0 aromatic carbocycles. The van der Waals surface area contributed by atoms with Crippen molar-refractivity contribution in [3.8, 4) is 0 Å². The van der Waals surface area contributed by atoms with Crippen molar-refractivity contribution in [3.05, 3.63) is 11.1 Å². The molecule has 1 saturated heterocycles. The van der Waals surface area contributed by atoms with Gasteiger partial charge in [0.1, 0.15) is 0 Å². The van der Waals surface area contributed by atoms with Crippen LogP contribution < -0.4 is 5.32 Å². The molecule has 3 nitrogen and oxygen atoms in total. The van der Waals surface area contributed by atoms with Crippen LogP contribution in [0.15, 0.2) is 5.38 Å². The number of nitrogens with zero attached hydrogens (tertiary/aromatic N) is 1. The number of thiazole rings is 1. The number of rotatable bonds is 2. The highest BCUT2D eigenvalue weighted by molar-refractivity contribution is 7.13. The van der Waals surface area contributed by atoms with E-state index in [1.165, 1.54) is 0 Å². The Morgan fingerprint density at radius 3 is 3.14 bits per heavy atom. The fourth-order valence-electron chi connectivity index (χ4n) is 1.72. The first kappa shape index (κ1) is 9.93. The van der Waals surface area contributed by atoms with Crippen LogP contribution in [0.25, 0.3) is 0 Å². The van der Waals surface area contributed by atoms with E-state index in [1.54, 1.807) is 11.3 Å². The summed E-state index contributed by atoms with van der Waals surface area (Å²) in [5, 5.41) is 6.58.